The summed E-state index contributed by atoms with van der Waals surface area (Å²) in [5, 5.41) is 17.1. The van der Waals surface area contributed by atoms with Crippen LogP contribution in [0.15, 0.2) is 18.2 Å². The molecule has 0 radical (unpaired) electrons. The fraction of sp³-hybridized carbons (Fsp3) is 0.500. The topological polar surface area (TPSA) is 68.0 Å². The van der Waals surface area contributed by atoms with Gasteiger partial charge in [-0.1, -0.05) is 32.9 Å². The molecule has 0 unspecified atom stereocenters. The van der Waals surface area contributed by atoms with E-state index in [4.69, 9.17) is 5.11 Å². The average molecular weight is 261 g/mol. The Hall–Kier alpha value is -1.91. The van der Waals surface area contributed by atoms with Crippen LogP contribution in [0, 0.1) is 11.3 Å². The minimum absolute atomic E-state index is 0.103. The van der Waals surface area contributed by atoms with Crippen LogP contribution in [0.2, 0.25) is 0 Å². The van der Waals surface area contributed by atoms with E-state index in [1.807, 2.05) is 4.68 Å². The van der Waals surface area contributed by atoms with E-state index in [1.54, 1.807) is 18.2 Å². The van der Waals surface area contributed by atoms with Gasteiger partial charge in [0.25, 0.3) is 0 Å². The Morgan fingerprint density at radius 3 is 2.68 bits per heavy atom. The number of hydrogen-bond acceptors (Lipinski definition) is 3. The van der Waals surface area contributed by atoms with Crippen molar-refractivity contribution in [2.45, 2.75) is 34.2 Å². The van der Waals surface area contributed by atoms with E-state index in [0.29, 0.717) is 11.4 Å². The van der Waals surface area contributed by atoms with Gasteiger partial charge in [-0.15, -0.1) is 5.10 Å². The number of aromatic nitrogens is 3. The molecule has 1 aromatic carbocycles. The predicted octanol–water partition coefficient (Wildman–Crippen LogP) is 2.81. The SMILES string of the molecule is CC(C)C(C)(C)Cn1nnc2cc(C(=O)O)ccc21. The summed E-state index contributed by atoms with van der Waals surface area (Å²) in [5.41, 5.74) is 1.84. The lowest BCUT2D eigenvalue weighted by Crippen LogP contribution is -2.26. The molecule has 19 heavy (non-hydrogen) atoms. The molecule has 0 atom stereocenters. The van der Waals surface area contributed by atoms with E-state index in [1.165, 1.54) is 0 Å². The first-order chi connectivity index (χ1) is 8.81. The van der Waals surface area contributed by atoms with Gasteiger partial charge < -0.3 is 5.11 Å². The second-order valence-electron chi connectivity index (χ2n) is 5.90. The van der Waals surface area contributed by atoms with E-state index in [-0.39, 0.29) is 11.0 Å². The minimum Gasteiger partial charge on any atom is -0.478 e. The highest BCUT2D eigenvalue weighted by Crippen LogP contribution is 2.29. The Labute approximate surface area is 112 Å². The van der Waals surface area contributed by atoms with Crippen LogP contribution in [0.5, 0.6) is 0 Å². The number of aromatic carboxylic acids is 1. The molecule has 1 aromatic heterocycles. The van der Waals surface area contributed by atoms with Crippen molar-refractivity contribution in [3.8, 4) is 0 Å². The highest BCUT2D eigenvalue weighted by molar-refractivity contribution is 5.92. The molecule has 0 spiro atoms. The number of hydrogen-bond donors (Lipinski definition) is 1. The quantitative estimate of drug-likeness (QED) is 0.918. The summed E-state index contributed by atoms with van der Waals surface area (Å²) in [4.78, 5) is 10.9. The van der Waals surface area contributed by atoms with Gasteiger partial charge in [-0.3, -0.25) is 0 Å². The molecule has 0 aliphatic heterocycles. The van der Waals surface area contributed by atoms with Gasteiger partial charge in [0.05, 0.1) is 11.1 Å². The van der Waals surface area contributed by atoms with Crippen LogP contribution < -0.4 is 0 Å². The van der Waals surface area contributed by atoms with Gasteiger partial charge >= 0.3 is 5.97 Å². The molecule has 0 saturated carbocycles. The molecule has 2 aromatic rings. The van der Waals surface area contributed by atoms with Crippen LogP contribution in [0.4, 0.5) is 0 Å². The summed E-state index contributed by atoms with van der Waals surface area (Å²) in [6.45, 7) is 9.50. The summed E-state index contributed by atoms with van der Waals surface area (Å²) in [6.07, 6.45) is 0. The molecule has 1 N–H and O–H groups in total. The average Bonchev–Trinajstić information content (AvgIpc) is 2.71. The number of nitrogens with zero attached hydrogens (tertiary/aromatic N) is 3. The number of fused-ring (bicyclic) bond motifs is 1. The summed E-state index contributed by atoms with van der Waals surface area (Å²) in [6, 6.07) is 4.92. The van der Waals surface area contributed by atoms with Gasteiger partial charge in [0.15, 0.2) is 0 Å². The number of benzene rings is 1. The largest absolute Gasteiger partial charge is 0.478 e. The van der Waals surface area contributed by atoms with Crippen LogP contribution in [0.1, 0.15) is 38.1 Å². The Balaban J connectivity index is 2.39. The third-order valence-corrected chi connectivity index (χ3v) is 3.88. The van der Waals surface area contributed by atoms with Crippen LogP contribution in [-0.4, -0.2) is 26.1 Å². The van der Waals surface area contributed by atoms with Gasteiger partial charge in [0.1, 0.15) is 5.52 Å². The Morgan fingerprint density at radius 1 is 1.42 bits per heavy atom. The van der Waals surface area contributed by atoms with E-state index in [0.717, 1.165) is 12.1 Å². The maximum atomic E-state index is 10.9. The van der Waals surface area contributed by atoms with Crippen LogP contribution in [0.3, 0.4) is 0 Å². The van der Waals surface area contributed by atoms with Crippen LogP contribution in [0.25, 0.3) is 11.0 Å². The van der Waals surface area contributed by atoms with E-state index >= 15 is 0 Å². The van der Waals surface area contributed by atoms with E-state index < -0.39 is 5.97 Å². The molecular formula is C14H19N3O2. The fourth-order valence-electron chi connectivity index (χ4n) is 1.79. The first kappa shape index (κ1) is 13.5. The zero-order valence-corrected chi connectivity index (χ0v) is 11.7. The Kier molecular flexibility index (Phi) is 3.30. The van der Waals surface area contributed by atoms with Crippen molar-refractivity contribution in [2.24, 2.45) is 11.3 Å². The summed E-state index contributed by atoms with van der Waals surface area (Å²) < 4.78 is 1.85. The molecule has 1 heterocycles. The summed E-state index contributed by atoms with van der Waals surface area (Å²) in [5.74, 6) is -0.427. The minimum atomic E-state index is -0.945. The molecule has 102 valence electrons. The first-order valence-corrected chi connectivity index (χ1v) is 6.38. The molecule has 0 aliphatic rings. The molecule has 0 aliphatic carbocycles. The number of carbonyl (C=O) groups is 1. The first-order valence-electron chi connectivity index (χ1n) is 6.38. The van der Waals surface area contributed by atoms with Gasteiger partial charge in [0.2, 0.25) is 0 Å². The van der Waals surface area contributed by atoms with Crippen molar-refractivity contribution in [1.29, 1.82) is 0 Å². The zero-order valence-electron chi connectivity index (χ0n) is 11.7. The zero-order chi connectivity index (χ0) is 14.2. The van der Waals surface area contributed by atoms with Crippen molar-refractivity contribution in [2.75, 3.05) is 0 Å². The molecular weight excluding hydrogens is 242 g/mol. The van der Waals surface area contributed by atoms with Gasteiger partial charge in [-0.25, -0.2) is 9.48 Å². The highest BCUT2D eigenvalue weighted by Gasteiger charge is 2.24. The highest BCUT2D eigenvalue weighted by atomic mass is 16.4. The monoisotopic (exact) mass is 261 g/mol. The maximum absolute atomic E-state index is 10.9. The van der Waals surface area contributed by atoms with Crippen molar-refractivity contribution in [1.82, 2.24) is 15.0 Å². The maximum Gasteiger partial charge on any atom is 0.335 e. The van der Waals surface area contributed by atoms with Gasteiger partial charge in [-0.2, -0.15) is 0 Å². The lowest BCUT2D eigenvalue weighted by molar-refractivity contribution is 0.0697. The summed E-state index contributed by atoms with van der Waals surface area (Å²) in [7, 11) is 0. The van der Waals surface area contributed by atoms with Crippen LogP contribution in [-0.2, 0) is 6.54 Å². The lowest BCUT2D eigenvalue weighted by Gasteiger charge is -2.28. The number of carboxylic acid groups (broad SMARTS) is 1. The Bertz CT molecular complexity index is 614. The molecule has 0 amide bonds. The Morgan fingerprint density at radius 2 is 2.11 bits per heavy atom. The van der Waals surface area contributed by atoms with Crippen LogP contribution >= 0.6 is 0 Å². The van der Waals surface area contributed by atoms with Crippen molar-refractivity contribution in [3.05, 3.63) is 23.8 Å². The summed E-state index contributed by atoms with van der Waals surface area (Å²) >= 11 is 0. The second-order valence-corrected chi connectivity index (χ2v) is 5.90. The second kappa shape index (κ2) is 4.64. The molecule has 5 nitrogen and oxygen atoms in total. The molecule has 5 heteroatoms. The fourth-order valence-corrected chi connectivity index (χ4v) is 1.79. The molecule has 0 saturated heterocycles. The number of carboxylic acids is 1. The van der Waals surface area contributed by atoms with Crippen molar-refractivity contribution in [3.63, 3.8) is 0 Å². The molecule has 0 bridgehead atoms. The molecule has 2 rings (SSSR count). The van der Waals surface area contributed by atoms with Crippen molar-refractivity contribution < 1.29 is 9.90 Å². The van der Waals surface area contributed by atoms with Gasteiger partial charge in [0, 0.05) is 6.54 Å². The third kappa shape index (κ3) is 2.59. The van der Waals surface area contributed by atoms with E-state index in [2.05, 4.69) is 38.0 Å². The van der Waals surface area contributed by atoms with Gasteiger partial charge in [-0.05, 0) is 29.5 Å². The standard InChI is InChI=1S/C14H19N3O2/c1-9(2)14(3,4)8-17-12-6-5-10(13(18)19)7-11(12)15-16-17/h5-7,9H,8H2,1-4H3,(H,18,19). The normalized spacial score (nSPS) is 12.3. The third-order valence-electron chi connectivity index (χ3n) is 3.88. The molecule has 0 fully saturated rings. The van der Waals surface area contributed by atoms with E-state index in [9.17, 15) is 4.79 Å². The lowest BCUT2D eigenvalue weighted by atomic mass is 9.81. The number of rotatable bonds is 4. The van der Waals surface area contributed by atoms with Crippen molar-refractivity contribution >= 4 is 17.0 Å². The predicted molar refractivity (Wildman–Crippen MR) is 73.1 cm³/mol. The smallest absolute Gasteiger partial charge is 0.335 e.